The third-order valence-corrected chi connectivity index (χ3v) is 11.2. The fraction of sp³-hybridized carbons (Fsp3) is 0.515. The molecule has 0 radical (unpaired) electrons. The quantitative estimate of drug-likeness (QED) is 0.191. The summed E-state index contributed by atoms with van der Waals surface area (Å²) in [7, 11) is -0.793. The molecular weight excluding hydrogens is 653 g/mol. The lowest BCUT2D eigenvalue weighted by atomic mass is 9.79. The molecule has 2 saturated heterocycles. The number of benzene rings is 2. The average molecular weight is 696 g/mol. The minimum Gasteiger partial charge on any atom is -0.495 e. The average Bonchev–Trinajstić information content (AvgIpc) is 3.66. The summed E-state index contributed by atoms with van der Waals surface area (Å²) in [5, 5.41) is 12.7. The Balaban J connectivity index is 1.17. The molecular formula is C33H42BN5O9S. The van der Waals surface area contributed by atoms with Crippen molar-refractivity contribution in [3.8, 4) is 17.2 Å². The van der Waals surface area contributed by atoms with Gasteiger partial charge in [-0.15, -0.1) is 0 Å². The Hall–Kier alpha value is -3.99. The summed E-state index contributed by atoms with van der Waals surface area (Å²) in [5.41, 5.74) is 1.41. The summed E-state index contributed by atoms with van der Waals surface area (Å²) in [4.78, 5) is -0.219. The Morgan fingerprint density at radius 1 is 0.898 bits per heavy atom. The molecule has 2 aliphatic heterocycles. The molecule has 1 unspecified atom stereocenters. The molecule has 16 heteroatoms. The summed E-state index contributed by atoms with van der Waals surface area (Å²) in [6.45, 7) is 8.48. The number of rotatable bonds is 11. The number of fused-ring (bicyclic) bond motifs is 1. The van der Waals surface area contributed by atoms with E-state index in [-0.39, 0.29) is 28.4 Å². The summed E-state index contributed by atoms with van der Waals surface area (Å²) in [5.74, 6) is 1.61. The van der Waals surface area contributed by atoms with E-state index in [2.05, 4.69) is 21.3 Å². The van der Waals surface area contributed by atoms with Crippen molar-refractivity contribution in [2.24, 2.45) is 0 Å². The molecule has 2 N–H and O–H groups in total. The highest BCUT2D eigenvalue weighted by atomic mass is 32.2. The highest BCUT2D eigenvalue weighted by molar-refractivity contribution is 7.93. The minimum atomic E-state index is -4.32. The lowest BCUT2D eigenvalue weighted by molar-refractivity contribution is -0.0409. The largest absolute Gasteiger partial charge is 0.495 e. The molecule has 2 aromatic heterocycles. The molecule has 7 rings (SSSR count). The van der Waals surface area contributed by atoms with Crippen LogP contribution in [-0.2, 0) is 24.1 Å². The normalized spacial score (nSPS) is 20.4. The van der Waals surface area contributed by atoms with Gasteiger partial charge in [0.25, 0.3) is 10.0 Å². The first-order valence-corrected chi connectivity index (χ1v) is 17.9. The molecule has 0 bridgehead atoms. The predicted molar refractivity (Wildman–Crippen MR) is 183 cm³/mol. The summed E-state index contributed by atoms with van der Waals surface area (Å²) < 4.78 is 73.3. The van der Waals surface area contributed by atoms with E-state index in [1.165, 1.54) is 21.3 Å². The van der Waals surface area contributed by atoms with Gasteiger partial charge in [0.15, 0.2) is 28.3 Å². The van der Waals surface area contributed by atoms with Crippen molar-refractivity contribution >= 4 is 50.9 Å². The summed E-state index contributed by atoms with van der Waals surface area (Å²) in [6, 6.07) is 8.55. The SMILES string of the molecule is COc1cc2c(NS(=O)(=O)c3c(OC)cc(B4OC(C)(C)C(C)(C)O4)cc3OC)noc2cc1Nc1cc(C2CC2)n(C2CCCCO2)n1. The molecule has 1 saturated carbocycles. The van der Waals surface area contributed by atoms with Crippen LogP contribution in [0.5, 0.6) is 17.2 Å². The Bertz CT molecular complexity index is 1940. The van der Waals surface area contributed by atoms with Gasteiger partial charge in [0.1, 0.15) is 17.2 Å². The van der Waals surface area contributed by atoms with E-state index >= 15 is 0 Å². The fourth-order valence-corrected chi connectivity index (χ4v) is 7.52. The number of sulfonamides is 1. The van der Waals surface area contributed by atoms with E-state index in [1.54, 1.807) is 24.3 Å². The fourth-order valence-electron chi connectivity index (χ4n) is 6.20. The first-order chi connectivity index (χ1) is 23.3. The lowest BCUT2D eigenvalue weighted by Gasteiger charge is -2.32. The van der Waals surface area contributed by atoms with Gasteiger partial charge in [0, 0.05) is 30.4 Å². The number of aromatic nitrogens is 3. The zero-order chi connectivity index (χ0) is 34.7. The topological polar surface area (TPSA) is 157 Å². The van der Waals surface area contributed by atoms with E-state index in [0.29, 0.717) is 39.6 Å². The number of methoxy groups -OCH3 is 3. The Morgan fingerprint density at radius 3 is 2.16 bits per heavy atom. The van der Waals surface area contributed by atoms with Crippen LogP contribution >= 0.6 is 0 Å². The van der Waals surface area contributed by atoms with Gasteiger partial charge in [-0.05, 0) is 83.5 Å². The van der Waals surface area contributed by atoms with Gasteiger partial charge in [-0.1, -0.05) is 5.16 Å². The smallest absolute Gasteiger partial charge is 0.495 e. The molecule has 3 aliphatic rings. The van der Waals surface area contributed by atoms with Gasteiger partial charge in [0.2, 0.25) is 0 Å². The van der Waals surface area contributed by atoms with E-state index in [1.807, 2.05) is 32.4 Å². The highest BCUT2D eigenvalue weighted by Gasteiger charge is 2.52. The van der Waals surface area contributed by atoms with E-state index in [4.69, 9.17) is 37.9 Å². The maximum absolute atomic E-state index is 13.9. The van der Waals surface area contributed by atoms with Gasteiger partial charge in [-0.25, -0.2) is 13.1 Å². The van der Waals surface area contributed by atoms with E-state index in [9.17, 15) is 8.42 Å². The van der Waals surface area contributed by atoms with Crippen molar-refractivity contribution in [3.63, 3.8) is 0 Å². The third-order valence-electron chi connectivity index (χ3n) is 9.75. The van der Waals surface area contributed by atoms with Gasteiger partial charge in [0.05, 0.1) is 43.6 Å². The second-order valence-electron chi connectivity index (χ2n) is 13.6. The Kier molecular flexibility index (Phi) is 8.49. The Labute approximate surface area is 285 Å². The van der Waals surface area contributed by atoms with Crippen LogP contribution in [0.4, 0.5) is 17.3 Å². The van der Waals surface area contributed by atoms with Crippen molar-refractivity contribution in [3.05, 3.63) is 36.0 Å². The number of ether oxygens (including phenoxy) is 4. The molecule has 0 amide bonds. The van der Waals surface area contributed by atoms with Gasteiger partial charge in [-0.3, -0.25) is 4.72 Å². The van der Waals surface area contributed by atoms with Crippen molar-refractivity contribution < 1.29 is 41.2 Å². The second-order valence-corrected chi connectivity index (χ2v) is 15.3. The minimum absolute atomic E-state index is 0.0336. The number of nitrogens with one attached hydrogen (secondary N) is 2. The summed E-state index contributed by atoms with van der Waals surface area (Å²) in [6.07, 6.45) is 5.27. The Morgan fingerprint density at radius 2 is 1.57 bits per heavy atom. The molecule has 4 heterocycles. The third kappa shape index (κ3) is 6.19. The molecule has 4 aromatic rings. The molecule has 0 spiro atoms. The van der Waals surface area contributed by atoms with E-state index < -0.39 is 28.3 Å². The van der Waals surface area contributed by atoms with Crippen molar-refractivity contribution in [1.82, 2.24) is 14.9 Å². The standard InChI is InChI=1S/C33H42BN5O9S/c1-32(2)33(3,4)48-34(47-32)20-14-26(43-6)30(27(15-20)44-7)49(40,41)38-31-21-16-25(42-5)22(17-24(21)46-37-31)35-28-18-23(19-11-12-19)39(36-28)29-10-8-9-13-45-29/h14-19,29H,8-13H2,1-7H3,(H,35,36)(H,37,38). The number of anilines is 3. The molecule has 3 fully saturated rings. The van der Waals surface area contributed by atoms with Crippen LogP contribution in [0.15, 0.2) is 39.8 Å². The van der Waals surface area contributed by atoms with Crippen molar-refractivity contribution in [2.45, 2.75) is 88.0 Å². The van der Waals surface area contributed by atoms with Crippen LogP contribution in [0.3, 0.4) is 0 Å². The predicted octanol–water partition coefficient (Wildman–Crippen LogP) is 5.47. The van der Waals surface area contributed by atoms with Crippen LogP contribution in [0.1, 0.15) is 77.6 Å². The number of hydrogen-bond acceptors (Lipinski definition) is 12. The van der Waals surface area contributed by atoms with Crippen molar-refractivity contribution in [2.75, 3.05) is 38.0 Å². The lowest BCUT2D eigenvalue weighted by Crippen LogP contribution is -2.41. The van der Waals surface area contributed by atoms with Gasteiger partial charge in [-0.2, -0.15) is 5.10 Å². The van der Waals surface area contributed by atoms with Gasteiger partial charge >= 0.3 is 7.12 Å². The van der Waals surface area contributed by atoms with Crippen LogP contribution in [0.2, 0.25) is 0 Å². The molecule has 1 atom stereocenters. The number of nitrogens with zero attached hydrogens (tertiary/aromatic N) is 3. The second kappa shape index (κ2) is 12.4. The van der Waals surface area contributed by atoms with Crippen LogP contribution in [0, 0.1) is 0 Å². The van der Waals surface area contributed by atoms with Crippen molar-refractivity contribution in [1.29, 1.82) is 0 Å². The zero-order valence-electron chi connectivity index (χ0n) is 28.8. The molecule has 14 nitrogen and oxygen atoms in total. The first kappa shape index (κ1) is 33.5. The maximum atomic E-state index is 13.9. The number of hydrogen-bond donors (Lipinski definition) is 2. The molecule has 1 aliphatic carbocycles. The van der Waals surface area contributed by atoms with Crippen LogP contribution in [-0.4, -0.2) is 69.6 Å². The highest BCUT2D eigenvalue weighted by Crippen LogP contribution is 2.44. The van der Waals surface area contributed by atoms with Gasteiger partial charge < -0.3 is 38.1 Å². The van der Waals surface area contributed by atoms with Crippen LogP contribution < -0.4 is 29.7 Å². The van der Waals surface area contributed by atoms with E-state index in [0.717, 1.165) is 44.4 Å². The molecule has 2 aromatic carbocycles. The van der Waals surface area contributed by atoms with Crippen LogP contribution in [0.25, 0.3) is 11.0 Å². The monoisotopic (exact) mass is 695 g/mol. The maximum Gasteiger partial charge on any atom is 0.495 e. The zero-order valence-corrected chi connectivity index (χ0v) is 29.6. The molecule has 49 heavy (non-hydrogen) atoms. The first-order valence-electron chi connectivity index (χ1n) is 16.4. The summed E-state index contributed by atoms with van der Waals surface area (Å²) >= 11 is 0. The molecule has 262 valence electrons.